The molecule has 0 fully saturated rings. The molecule has 0 unspecified atom stereocenters. The minimum Gasteiger partial charge on any atom is -0.465 e. The molecule has 0 atom stereocenters. The van der Waals surface area contributed by atoms with Crippen LogP contribution in [-0.4, -0.2) is 29.6 Å². The third-order valence-corrected chi connectivity index (χ3v) is 3.08. The molecule has 1 aromatic carbocycles. The fourth-order valence-corrected chi connectivity index (χ4v) is 1.87. The molecule has 6 nitrogen and oxygen atoms in total. The summed E-state index contributed by atoms with van der Waals surface area (Å²) >= 11 is 0. The van der Waals surface area contributed by atoms with Crippen LogP contribution in [0.5, 0.6) is 0 Å². The number of rotatable bonds is 7. The first kappa shape index (κ1) is 15.8. The third kappa shape index (κ3) is 4.44. The van der Waals surface area contributed by atoms with Gasteiger partial charge < -0.3 is 15.4 Å². The van der Waals surface area contributed by atoms with Crippen molar-refractivity contribution in [2.75, 3.05) is 24.3 Å². The van der Waals surface area contributed by atoms with Gasteiger partial charge in [0, 0.05) is 18.3 Å². The van der Waals surface area contributed by atoms with E-state index in [4.69, 9.17) is 0 Å². The average Bonchev–Trinajstić information content (AvgIpc) is 2.55. The van der Waals surface area contributed by atoms with Crippen LogP contribution in [0, 0.1) is 0 Å². The van der Waals surface area contributed by atoms with E-state index in [-0.39, 0.29) is 5.97 Å². The van der Waals surface area contributed by atoms with Crippen LogP contribution in [-0.2, 0) is 4.74 Å². The van der Waals surface area contributed by atoms with Crippen LogP contribution in [0.3, 0.4) is 0 Å². The first-order valence-electron chi connectivity index (χ1n) is 7.24. The minimum atomic E-state index is -0.351. The number of hydrogen-bond acceptors (Lipinski definition) is 6. The Morgan fingerprint density at radius 2 is 1.91 bits per heavy atom. The first-order chi connectivity index (χ1) is 10.7. The number of nitrogens with one attached hydrogen (secondary N) is 2. The van der Waals surface area contributed by atoms with Crippen molar-refractivity contribution in [3.05, 3.63) is 42.2 Å². The van der Waals surface area contributed by atoms with E-state index in [0.29, 0.717) is 11.4 Å². The van der Waals surface area contributed by atoms with Crippen molar-refractivity contribution in [1.82, 2.24) is 9.97 Å². The number of aromatic nitrogens is 2. The summed E-state index contributed by atoms with van der Waals surface area (Å²) in [4.78, 5) is 19.7. The highest BCUT2D eigenvalue weighted by molar-refractivity contribution is 5.89. The molecular formula is C16H20N4O2. The van der Waals surface area contributed by atoms with Gasteiger partial charge in [-0.3, -0.25) is 0 Å². The van der Waals surface area contributed by atoms with Gasteiger partial charge in [0.1, 0.15) is 18.0 Å². The lowest BCUT2D eigenvalue weighted by atomic mass is 10.2. The number of anilines is 3. The number of unbranched alkanes of at least 4 members (excludes halogenated alkanes) is 1. The third-order valence-electron chi connectivity index (χ3n) is 3.08. The van der Waals surface area contributed by atoms with Crippen LogP contribution in [0.2, 0.25) is 0 Å². The molecule has 0 bridgehead atoms. The lowest BCUT2D eigenvalue weighted by Gasteiger charge is -2.08. The molecule has 0 saturated heterocycles. The Balaban J connectivity index is 2.01. The molecule has 2 rings (SSSR count). The summed E-state index contributed by atoms with van der Waals surface area (Å²) in [7, 11) is 1.36. The quantitative estimate of drug-likeness (QED) is 0.604. The normalized spacial score (nSPS) is 10.1. The SMILES string of the molecule is CCCCNc1cc(Nc2ccc(C(=O)OC)cc2)ncn1. The Kier molecular flexibility index (Phi) is 5.71. The molecule has 0 radical (unpaired) electrons. The predicted molar refractivity (Wildman–Crippen MR) is 86.5 cm³/mol. The van der Waals surface area contributed by atoms with Gasteiger partial charge >= 0.3 is 5.97 Å². The summed E-state index contributed by atoms with van der Waals surface area (Å²) in [6.07, 6.45) is 3.75. The summed E-state index contributed by atoms with van der Waals surface area (Å²) in [5, 5.41) is 6.43. The first-order valence-corrected chi connectivity index (χ1v) is 7.24. The fourth-order valence-electron chi connectivity index (χ4n) is 1.87. The van der Waals surface area contributed by atoms with Crippen molar-refractivity contribution in [3.8, 4) is 0 Å². The van der Waals surface area contributed by atoms with Gasteiger partial charge in [0.15, 0.2) is 0 Å². The number of methoxy groups -OCH3 is 1. The van der Waals surface area contributed by atoms with Crippen LogP contribution in [0.15, 0.2) is 36.7 Å². The highest BCUT2D eigenvalue weighted by Gasteiger charge is 2.05. The summed E-state index contributed by atoms with van der Waals surface area (Å²) in [5.74, 6) is 1.13. The second kappa shape index (κ2) is 7.97. The Bertz CT molecular complexity index is 614. The summed E-state index contributed by atoms with van der Waals surface area (Å²) < 4.78 is 4.67. The van der Waals surface area contributed by atoms with Crippen molar-refractivity contribution >= 4 is 23.3 Å². The van der Waals surface area contributed by atoms with Gasteiger partial charge in [0.2, 0.25) is 0 Å². The van der Waals surface area contributed by atoms with E-state index >= 15 is 0 Å². The minimum absolute atomic E-state index is 0.351. The van der Waals surface area contributed by atoms with E-state index in [1.54, 1.807) is 24.3 Å². The Hall–Kier alpha value is -2.63. The van der Waals surface area contributed by atoms with Gasteiger partial charge in [-0.05, 0) is 30.7 Å². The lowest BCUT2D eigenvalue weighted by molar-refractivity contribution is 0.0601. The number of benzene rings is 1. The molecule has 6 heteroatoms. The molecule has 0 spiro atoms. The summed E-state index contributed by atoms with van der Waals surface area (Å²) in [5.41, 5.74) is 1.35. The summed E-state index contributed by atoms with van der Waals surface area (Å²) in [6, 6.07) is 8.87. The number of hydrogen-bond donors (Lipinski definition) is 2. The summed E-state index contributed by atoms with van der Waals surface area (Å²) in [6.45, 7) is 3.04. The van der Waals surface area contributed by atoms with Crippen molar-refractivity contribution in [3.63, 3.8) is 0 Å². The van der Waals surface area contributed by atoms with Gasteiger partial charge in [-0.2, -0.15) is 0 Å². The number of ether oxygens (including phenoxy) is 1. The second-order valence-electron chi connectivity index (χ2n) is 4.76. The second-order valence-corrected chi connectivity index (χ2v) is 4.76. The molecular weight excluding hydrogens is 280 g/mol. The molecule has 0 aliphatic carbocycles. The van der Waals surface area contributed by atoms with Gasteiger partial charge in [0.25, 0.3) is 0 Å². The highest BCUT2D eigenvalue weighted by Crippen LogP contribution is 2.17. The van der Waals surface area contributed by atoms with Crippen molar-refractivity contribution < 1.29 is 9.53 Å². The molecule has 116 valence electrons. The van der Waals surface area contributed by atoms with Crippen molar-refractivity contribution in [2.24, 2.45) is 0 Å². The van der Waals surface area contributed by atoms with Crippen LogP contribution < -0.4 is 10.6 Å². The van der Waals surface area contributed by atoms with Crippen LogP contribution in [0.4, 0.5) is 17.3 Å². The zero-order valence-corrected chi connectivity index (χ0v) is 12.8. The Morgan fingerprint density at radius 1 is 1.18 bits per heavy atom. The van der Waals surface area contributed by atoms with Crippen molar-refractivity contribution in [1.29, 1.82) is 0 Å². The van der Waals surface area contributed by atoms with E-state index in [0.717, 1.165) is 30.9 Å². The van der Waals surface area contributed by atoms with Crippen LogP contribution >= 0.6 is 0 Å². The number of carbonyl (C=O) groups excluding carboxylic acids is 1. The molecule has 2 aromatic rings. The lowest BCUT2D eigenvalue weighted by Crippen LogP contribution is -2.04. The Labute approximate surface area is 129 Å². The highest BCUT2D eigenvalue weighted by atomic mass is 16.5. The monoisotopic (exact) mass is 300 g/mol. The largest absolute Gasteiger partial charge is 0.465 e. The topological polar surface area (TPSA) is 76.1 Å². The molecule has 0 saturated carbocycles. The smallest absolute Gasteiger partial charge is 0.337 e. The van der Waals surface area contributed by atoms with Crippen LogP contribution in [0.25, 0.3) is 0 Å². The van der Waals surface area contributed by atoms with Gasteiger partial charge in [-0.1, -0.05) is 13.3 Å². The average molecular weight is 300 g/mol. The van der Waals surface area contributed by atoms with Gasteiger partial charge in [-0.15, -0.1) is 0 Å². The maximum atomic E-state index is 11.4. The van der Waals surface area contributed by atoms with E-state index in [9.17, 15) is 4.79 Å². The van der Waals surface area contributed by atoms with Gasteiger partial charge in [0.05, 0.1) is 12.7 Å². The maximum absolute atomic E-state index is 11.4. The zero-order chi connectivity index (χ0) is 15.8. The molecule has 22 heavy (non-hydrogen) atoms. The predicted octanol–water partition coefficient (Wildman–Crippen LogP) is 3.22. The standard InChI is InChI=1S/C16H20N4O2/c1-3-4-9-17-14-10-15(19-11-18-14)20-13-7-5-12(6-8-13)16(21)22-2/h5-8,10-11H,3-4,9H2,1-2H3,(H2,17,18,19,20). The maximum Gasteiger partial charge on any atom is 0.337 e. The fraction of sp³-hybridized carbons (Fsp3) is 0.312. The van der Waals surface area contributed by atoms with E-state index < -0.39 is 0 Å². The number of esters is 1. The molecule has 0 aliphatic rings. The van der Waals surface area contributed by atoms with Crippen LogP contribution in [0.1, 0.15) is 30.1 Å². The molecule has 0 aliphatic heterocycles. The molecule has 1 heterocycles. The number of nitrogens with zero attached hydrogens (tertiary/aromatic N) is 2. The van der Waals surface area contributed by atoms with E-state index in [2.05, 4.69) is 32.3 Å². The zero-order valence-electron chi connectivity index (χ0n) is 12.8. The van der Waals surface area contributed by atoms with E-state index in [1.165, 1.54) is 13.4 Å². The molecule has 2 N–H and O–H groups in total. The van der Waals surface area contributed by atoms with Gasteiger partial charge in [-0.25, -0.2) is 14.8 Å². The Morgan fingerprint density at radius 3 is 2.59 bits per heavy atom. The van der Waals surface area contributed by atoms with Crippen molar-refractivity contribution in [2.45, 2.75) is 19.8 Å². The number of carbonyl (C=O) groups is 1. The molecule has 1 aromatic heterocycles. The van der Waals surface area contributed by atoms with E-state index in [1.807, 2.05) is 6.07 Å². The molecule has 0 amide bonds.